The van der Waals surface area contributed by atoms with Gasteiger partial charge in [0.25, 0.3) is 0 Å². The molecule has 0 radical (unpaired) electrons. The first-order chi connectivity index (χ1) is 2.00. The molecule has 0 aliphatic carbocycles. The molecule has 0 atom stereocenters. The van der Waals surface area contributed by atoms with Gasteiger partial charge in [0.2, 0.25) is 0 Å². The minimum Gasteiger partial charge on any atom is -0.794 e. The van der Waals surface area contributed by atoms with E-state index in [1.54, 1.807) is 0 Å². The third-order valence-electron chi connectivity index (χ3n) is 0. The molecule has 0 fully saturated rings. The van der Waals surface area contributed by atoms with Crippen LogP contribution in [0.3, 0.4) is 0 Å². The topological polar surface area (TPSA) is 119 Å². The van der Waals surface area contributed by atoms with E-state index in [1.165, 1.54) is 0 Å². The maximum Gasteiger partial charge on any atom is 1.00 e. The predicted octanol–water partition coefficient (Wildman–Crippen LogP) is -5.65. The van der Waals surface area contributed by atoms with Gasteiger partial charge in [-0.05, 0) is 0 Å². The maximum atomic E-state index is 8.91. The zero-order valence-electron chi connectivity index (χ0n) is 4.37. The molecule has 0 bridgehead atoms. The van der Waals surface area contributed by atoms with Crippen LogP contribution in [0.15, 0.2) is 0 Å². The van der Waals surface area contributed by atoms with Crippen molar-refractivity contribution in [3.63, 3.8) is 0 Å². The maximum absolute atomic E-state index is 8.91. The fourth-order valence-corrected chi connectivity index (χ4v) is 0. The Hall–Kier alpha value is 1.94. The van der Waals surface area contributed by atoms with Crippen molar-refractivity contribution in [1.29, 1.82) is 0 Å². The van der Waals surface area contributed by atoms with E-state index in [1.807, 2.05) is 0 Å². The van der Waals surface area contributed by atoms with Crippen molar-refractivity contribution in [3.8, 4) is 0 Å². The fourth-order valence-electron chi connectivity index (χ4n) is 0. The van der Waals surface area contributed by atoms with E-state index in [2.05, 4.69) is 0 Å². The van der Waals surface area contributed by atoms with Gasteiger partial charge < -0.3 is 25.3 Å². The zero-order valence-corrected chi connectivity index (χ0v) is 9.30. The largest absolute Gasteiger partial charge is 1.00 e. The van der Waals surface area contributed by atoms with Crippen LogP contribution in [0.25, 0.3) is 0 Å². The van der Waals surface area contributed by atoms with Gasteiger partial charge >= 0.3 is 60.4 Å². The molecule has 8 heavy (non-hydrogen) atoms. The molecule has 0 unspecified atom stereocenters. The molecule has 48 valence electrons. The number of hydrogen-bond donors (Lipinski definition) is 4. The van der Waals surface area contributed by atoms with Crippen molar-refractivity contribution in [2.75, 3.05) is 0 Å². The second-order valence-corrected chi connectivity index (χ2v) is 1.72. The van der Waals surface area contributed by atoms with Gasteiger partial charge in [0.05, 0.1) is 0 Å². The van der Waals surface area contributed by atoms with Crippen molar-refractivity contribution in [2.24, 2.45) is 0 Å². The van der Waals surface area contributed by atoms with Gasteiger partial charge in [0, 0.05) is 0 Å². The summed E-state index contributed by atoms with van der Waals surface area (Å²) in [5.41, 5.74) is 0. The van der Waals surface area contributed by atoms with E-state index < -0.39 is 9.05 Å². The van der Waals surface area contributed by atoms with Crippen LogP contribution < -0.4 is 62.3 Å². The fraction of sp³-hybridized carbons (Fsp3) is 0. The molecule has 8 heteroatoms. The van der Waals surface area contributed by atoms with Crippen LogP contribution in [-0.2, 0) is 0 Å². The van der Waals surface area contributed by atoms with Crippen LogP contribution in [0.5, 0.6) is 0 Å². The molecule has 5 nitrogen and oxygen atoms in total. The van der Waals surface area contributed by atoms with Crippen molar-refractivity contribution in [2.45, 2.75) is 0 Å². The minimum atomic E-state index is -4.86. The van der Waals surface area contributed by atoms with E-state index in [-0.39, 0.29) is 69.9 Å². The van der Waals surface area contributed by atoms with E-state index in [4.69, 9.17) is 19.2 Å². The molecule has 0 aliphatic heterocycles. The molecule has 6 N–H and O–H groups in total. The smallest absolute Gasteiger partial charge is 0.794 e. The first-order valence-electron chi connectivity index (χ1n) is 0.875. The standard InChI is InChI=1S/ClH.K.H3N.H3O4Si/c;;;1-5(2,3)4/h1H;;1H3;1-3H/q;+1;;-1. The number of halogens is 1. The van der Waals surface area contributed by atoms with Gasteiger partial charge in [0.1, 0.15) is 0 Å². The van der Waals surface area contributed by atoms with Gasteiger partial charge in [-0.2, -0.15) is 0 Å². The van der Waals surface area contributed by atoms with Gasteiger partial charge in [-0.3, -0.25) is 0 Å². The summed E-state index contributed by atoms with van der Waals surface area (Å²) in [5.74, 6) is 0. The van der Waals surface area contributed by atoms with E-state index in [0.717, 1.165) is 0 Å². The van der Waals surface area contributed by atoms with Crippen molar-refractivity contribution in [3.05, 3.63) is 0 Å². The number of hydrogen-bond acceptors (Lipinski definition) is 5. The van der Waals surface area contributed by atoms with Crippen LogP contribution in [0.1, 0.15) is 0 Å². The van der Waals surface area contributed by atoms with Crippen molar-refractivity contribution in [1.82, 2.24) is 6.15 Å². The monoisotopic (exact) mass is 187 g/mol. The van der Waals surface area contributed by atoms with Crippen LogP contribution in [0.4, 0.5) is 0 Å². The Bertz CT molecular complexity index is 31.5. The summed E-state index contributed by atoms with van der Waals surface area (Å²) in [7, 11) is -4.86. The third kappa shape index (κ3) is 101. The van der Waals surface area contributed by atoms with Gasteiger partial charge in [-0.1, -0.05) is 0 Å². The quantitative estimate of drug-likeness (QED) is 0.282. The third-order valence-corrected chi connectivity index (χ3v) is 0. The molecule has 0 saturated carbocycles. The Kier molecular flexibility index (Phi) is 25.2. The first-order valence-corrected chi connectivity index (χ1v) is 2.62. The van der Waals surface area contributed by atoms with Gasteiger partial charge in [-0.25, -0.2) is 0 Å². The first kappa shape index (κ1) is 22.5. The Balaban J connectivity index is -0.0000000267. The number of rotatable bonds is 0. The summed E-state index contributed by atoms with van der Waals surface area (Å²) in [5, 5.41) is 0. The predicted molar refractivity (Wildman–Crippen MR) is 24.7 cm³/mol. The molecule has 0 heterocycles. The van der Waals surface area contributed by atoms with Crippen molar-refractivity contribution >= 4 is 21.5 Å². The molecule has 0 saturated heterocycles. The molecule has 0 rings (SSSR count). The minimum absolute atomic E-state index is 0. The molecular weight excluding hydrogens is 181 g/mol. The van der Waals surface area contributed by atoms with Crippen LogP contribution in [0, 0.1) is 0 Å². The average Bonchev–Trinajstić information content (AvgIpc) is 0.722. The van der Waals surface area contributed by atoms with E-state index in [0.29, 0.717) is 0 Å². The molecule has 0 spiro atoms. The van der Waals surface area contributed by atoms with Gasteiger partial charge in [0.15, 0.2) is 0 Å². The molecular formula is H7ClKNO4Si. The molecule has 0 amide bonds. The summed E-state index contributed by atoms with van der Waals surface area (Å²) in [6.45, 7) is 0. The van der Waals surface area contributed by atoms with Crippen LogP contribution in [0.2, 0.25) is 0 Å². The van der Waals surface area contributed by atoms with E-state index in [9.17, 15) is 0 Å². The Morgan fingerprint density at radius 3 is 1.12 bits per heavy atom. The Morgan fingerprint density at radius 2 is 1.12 bits per heavy atom. The van der Waals surface area contributed by atoms with Crippen LogP contribution in [-0.4, -0.2) is 23.4 Å². The summed E-state index contributed by atoms with van der Waals surface area (Å²) < 4.78 is 0. The molecule has 0 aromatic heterocycles. The van der Waals surface area contributed by atoms with Crippen molar-refractivity contribution < 1.29 is 70.6 Å². The molecule has 0 aromatic rings. The second kappa shape index (κ2) is 8.94. The SMILES string of the molecule is Cl.N.[K+].[O-][Si](O)(O)O. The molecule has 0 aliphatic rings. The second-order valence-electron chi connectivity index (χ2n) is 0.574. The summed E-state index contributed by atoms with van der Waals surface area (Å²) >= 11 is 0. The Labute approximate surface area is 96.6 Å². The average molecular weight is 188 g/mol. The molecule has 0 aromatic carbocycles. The van der Waals surface area contributed by atoms with E-state index >= 15 is 0 Å². The normalized spacial score (nSPS) is 7.50. The Morgan fingerprint density at radius 1 is 1.12 bits per heavy atom. The summed E-state index contributed by atoms with van der Waals surface area (Å²) in [6.07, 6.45) is 0. The summed E-state index contributed by atoms with van der Waals surface area (Å²) in [6, 6.07) is 0. The summed E-state index contributed by atoms with van der Waals surface area (Å²) in [4.78, 5) is 30.6. The zero-order chi connectivity index (χ0) is 4.50. The van der Waals surface area contributed by atoms with Crippen LogP contribution >= 0.6 is 12.4 Å². The van der Waals surface area contributed by atoms with Gasteiger partial charge in [-0.15, -0.1) is 12.4 Å².